The second-order valence-electron chi connectivity index (χ2n) is 2.47. The summed E-state index contributed by atoms with van der Waals surface area (Å²) in [4.78, 5) is 0. The van der Waals surface area contributed by atoms with E-state index in [0.717, 1.165) is 6.07 Å². The molecule has 12 heavy (non-hydrogen) atoms. The van der Waals surface area contributed by atoms with Crippen molar-refractivity contribution >= 4 is 13.3 Å². The maximum Gasteiger partial charge on any atom is 0.193 e. The smallest absolute Gasteiger partial charge is 0.193 e. The largest absolute Gasteiger partial charge is 0.327 e. The summed E-state index contributed by atoms with van der Waals surface area (Å²) in [7, 11) is 1.36. The first kappa shape index (κ1) is 9.13. The van der Waals surface area contributed by atoms with E-state index in [-0.39, 0.29) is 17.6 Å². The van der Waals surface area contributed by atoms with Gasteiger partial charge in [0.05, 0.1) is 0 Å². The minimum absolute atomic E-state index is 0.0000463. The number of hydrogen-bond acceptors (Lipinski definition) is 1. The lowest BCUT2D eigenvalue weighted by molar-refractivity contribution is 0.449. The van der Waals surface area contributed by atoms with Gasteiger partial charge in [-0.25, -0.2) is 13.2 Å². The van der Waals surface area contributed by atoms with Crippen molar-refractivity contribution in [3.63, 3.8) is 0 Å². The second kappa shape index (κ2) is 3.19. The molecule has 0 saturated heterocycles. The van der Waals surface area contributed by atoms with E-state index in [0.29, 0.717) is 0 Å². The lowest BCUT2D eigenvalue weighted by atomic mass is 9.89. The molecule has 0 fully saturated rings. The number of halogens is 3. The van der Waals surface area contributed by atoms with E-state index >= 15 is 0 Å². The first-order chi connectivity index (χ1) is 5.57. The molecule has 0 saturated carbocycles. The van der Waals surface area contributed by atoms with Gasteiger partial charge in [0.15, 0.2) is 17.5 Å². The summed E-state index contributed by atoms with van der Waals surface area (Å²) < 4.78 is 37.8. The van der Waals surface area contributed by atoms with Gasteiger partial charge in [-0.2, -0.15) is 0 Å². The highest BCUT2D eigenvalue weighted by Crippen LogP contribution is 2.10. The SMILES string of the molecule is Bc1c(CN)cc(F)c(F)c1F. The van der Waals surface area contributed by atoms with Gasteiger partial charge in [-0.1, -0.05) is 0 Å². The van der Waals surface area contributed by atoms with E-state index in [1.807, 2.05) is 0 Å². The topological polar surface area (TPSA) is 26.0 Å². The van der Waals surface area contributed by atoms with Gasteiger partial charge in [0.2, 0.25) is 0 Å². The molecule has 64 valence electrons. The highest BCUT2D eigenvalue weighted by atomic mass is 19.2. The molecule has 0 aliphatic rings. The molecule has 1 aromatic rings. The molecule has 1 nitrogen and oxygen atoms in total. The van der Waals surface area contributed by atoms with Crippen molar-refractivity contribution in [2.45, 2.75) is 6.54 Å². The maximum absolute atomic E-state index is 12.8. The third kappa shape index (κ3) is 1.32. The van der Waals surface area contributed by atoms with Crippen molar-refractivity contribution in [1.82, 2.24) is 0 Å². The van der Waals surface area contributed by atoms with Gasteiger partial charge >= 0.3 is 0 Å². The van der Waals surface area contributed by atoms with Crippen LogP contribution in [0, 0.1) is 17.5 Å². The molecule has 0 radical (unpaired) electrons. The van der Waals surface area contributed by atoms with Gasteiger partial charge < -0.3 is 5.73 Å². The number of rotatable bonds is 1. The molecule has 0 atom stereocenters. The summed E-state index contributed by atoms with van der Waals surface area (Å²) in [6.07, 6.45) is 0. The summed E-state index contributed by atoms with van der Waals surface area (Å²) in [5.74, 6) is -3.79. The number of benzene rings is 1. The van der Waals surface area contributed by atoms with Crippen LogP contribution in [-0.4, -0.2) is 7.85 Å². The van der Waals surface area contributed by atoms with Crippen LogP contribution in [0.5, 0.6) is 0 Å². The van der Waals surface area contributed by atoms with Crippen LogP contribution in [0.25, 0.3) is 0 Å². The van der Waals surface area contributed by atoms with Crippen molar-refractivity contribution in [2.24, 2.45) is 5.73 Å². The van der Waals surface area contributed by atoms with Crippen molar-refractivity contribution in [3.8, 4) is 0 Å². The molecule has 0 unspecified atom stereocenters. The Hall–Kier alpha value is -0.965. The number of nitrogens with two attached hydrogens (primary N) is 1. The van der Waals surface area contributed by atoms with E-state index in [9.17, 15) is 13.2 Å². The Morgan fingerprint density at radius 3 is 2.33 bits per heavy atom. The van der Waals surface area contributed by atoms with Gasteiger partial charge in [-0.3, -0.25) is 0 Å². The zero-order chi connectivity index (χ0) is 9.30. The van der Waals surface area contributed by atoms with Crippen LogP contribution in [0.3, 0.4) is 0 Å². The van der Waals surface area contributed by atoms with E-state index in [4.69, 9.17) is 5.73 Å². The van der Waals surface area contributed by atoms with Crippen LogP contribution in [0.15, 0.2) is 6.07 Å². The predicted molar refractivity (Wildman–Crippen MR) is 42.4 cm³/mol. The molecule has 0 aliphatic heterocycles. The molecule has 0 amide bonds. The zero-order valence-electron chi connectivity index (χ0n) is 6.50. The summed E-state index contributed by atoms with van der Waals surface area (Å²) in [6.45, 7) is -0.0000463. The van der Waals surface area contributed by atoms with Crippen molar-refractivity contribution < 1.29 is 13.2 Å². The van der Waals surface area contributed by atoms with E-state index < -0.39 is 17.5 Å². The Morgan fingerprint density at radius 2 is 1.83 bits per heavy atom. The normalized spacial score (nSPS) is 10.3. The van der Waals surface area contributed by atoms with Gasteiger partial charge in [0.1, 0.15) is 7.85 Å². The summed E-state index contributed by atoms with van der Waals surface area (Å²) in [5.41, 5.74) is 5.53. The average Bonchev–Trinajstić information content (AvgIpc) is 2.08. The quantitative estimate of drug-likeness (QED) is 0.462. The van der Waals surface area contributed by atoms with Crippen LogP contribution >= 0.6 is 0 Å². The fourth-order valence-corrected chi connectivity index (χ4v) is 0.947. The van der Waals surface area contributed by atoms with Gasteiger partial charge in [0.25, 0.3) is 0 Å². The maximum atomic E-state index is 12.8. The fraction of sp³-hybridized carbons (Fsp3) is 0.143. The van der Waals surface area contributed by atoms with Crippen molar-refractivity contribution in [1.29, 1.82) is 0 Å². The minimum Gasteiger partial charge on any atom is -0.327 e. The highest BCUT2D eigenvalue weighted by molar-refractivity contribution is 6.33. The Morgan fingerprint density at radius 1 is 1.25 bits per heavy atom. The van der Waals surface area contributed by atoms with Crippen molar-refractivity contribution in [3.05, 3.63) is 29.1 Å². The van der Waals surface area contributed by atoms with Crippen LogP contribution in [0.4, 0.5) is 13.2 Å². The third-order valence-electron chi connectivity index (χ3n) is 1.73. The van der Waals surface area contributed by atoms with Gasteiger partial charge in [-0.05, 0) is 17.1 Å². The van der Waals surface area contributed by atoms with Gasteiger partial charge in [0, 0.05) is 6.54 Å². The Bertz CT molecular complexity index is 314. The lowest BCUT2D eigenvalue weighted by Crippen LogP contribution is -2.20. The number of hydrogen-bond donors (Lipinski definition) is 1. The first-order valence-corrected chi connectivity index (χ1v) is 3.41. The van der Waals surface area contributed by atoms with Crippen LogP contribution in [0.2, 0.25) is 0 Å². The van der Waals surface area contributed by atoms with Crippen LogP contribution in [-0.2, 0) is 6.54 Å². The highest BCUT2D eigenvalue weighted by Gasteiger charge is 2.13. The standard InChI is InChI=1S/C7H7BF3N/c8-5-3(2-12)1-4(9)6(10)7(5)11/h1H,2,8,12H2. The molecular formula is C7H7BF3N. The first-order valence-electron chi connectivity index (χ1n) is 3.41. The van der Waals surface area contributed by atoms with Crippen LogP contribution in [0.1, 0.15) is 5.56 Å². The molecule has 0 aromatic heterocycles. The van der Waals surface area contributed by atoms with E-state index in [1.54, 1.807) is 0 Å². The predicted octanol–water partition coefficient (Wildman–Crippen LogP) is -0.179. The second-order valence-corrected chi connectivity index (χ2v) is 2.47. The monoisotopic (exact) mass is 173 g/mol. The summed E-state index contributed by atoms with van der Waals surface area (Å²) >= 11 is 0. The molecule has 0 heterocycles. The molecule has 0 bridgehead atoms. The summed E-state index contributed by atoms with van der Waals surface area (Å²) in [5, 5.41) is 0. The van der Waals surface area contributed by atoms with E-state index in [2.05, 4.69) is 0 Å². The molecule has 2 N–H and O–H groups in total. The molecule has 0 spiro atoms. The van der Waals surface area contributed by atoms with E-state index in [1.165, 1.54) is 7.85 Å². The molecule has 5 heteroatoms. The average molecular weight is 173 g/mol. The fourth-order valence-electron chi connectivity index (χ4n) is 0.947. The Kier molecular flexibility index (Phi) is 2.42. The molecule has 0 aliphatic carbocycles. The molecule has 1 aromatic carbocycles. The van der Waals surface area contributed by atoms with Crippen LogP contribution < -0.4 is 11.2 Å². The van der Waals surface area contributed by atoms with Gasteiger partial charge in [-0.15, -0.1) is 0 Å². The Balaban J connectivity index is 3.39. The lowest BCUT2D eigenvalue weighted by Gasteiger charge is -2.05. The molecular weight excluding hydrogens is 166 g/mol. The zero-order valence-corrected chi connectivity index (χ0v) is 6.50. The third-order valence-corrected chi connectivity index (χ3v) is 1.73. The Labute approximate surface area is 68.8 Å². The van der Waals surface area contributed by atoms with Crippen molar-refractivity contribution in [2.75, 3.05) is 0 Å². The summed E-state index contributed by atoms with van der Waals surface area (Å²) in [6, 6.07) is 0.910. The minimum atomic E-state index is -1.44. The molecule has 1 rings (SSSR count).